The molecule has 0 saturated heterocycles. The summed E-state index contributed by atoms with van der Waals surface area (Å²) in [6, 6.07) is 3.71. The fourth-order valence-electron chi connectivity index (χ4n) is 1.86. The molecule has 0 aliphatic heterocycles. The van der Waals surface area contributed by atoms with Crippen LogP contribution in [0.25, 0.3) is 0 Å². The minimum absolute atomic E-state index is 0.0559. The van der Waals surface area contributed by atoms with Gasteiger partial charge in [0.2, 0.25) is 11.8 Å². The molecular weight excluding hydrogens is 268 g/mol. The molecule has 2 heterocycles. The third kappa shape index (κ3) is 4.98. The van der Waals surface area contributed by atoms with Crippen molar-refractivity contribution in [3.8, 4) is 0 Å². The van der Waals surface area contributed by atoms with Gasteiger partial charge in [-0.05, 0) is 31.4 Å². The molecule has 2 aromatic rings. The lowest BCUT2D eigenvalue weighted by Gasteiger charge is -2.03. The predicted molar refractivity (Wildman–Crippen MR) is 78.8 cm³/mol. The number of rotatable bonds is 7. The molecule has 0 atom stereocenters. The van der Waals surface area contributed by atoms with E-state index in [-0.39, 0.29) is 5.91 Å². The van der Waals surface area contributed by atoms with E-state index >= 15 is 0 Å². The van der Waals surface area contributed by atoms with Crippen molar-refractivity contribution >= 4 is 11.7 Å². The van der Waals surface area contributed by atoms with Crippen LogP contribution in [-0.2, 0) is 17.6 Å². The summed E-state index contributed by atoms with van der Waals surface area (Å²) in [5.41, 5.74) is 1.06. The predicted octanol–water partition coefficient (Wildman–Crippen LogP) is 2.69. The standard InChI is InChI=1S/C15H20N4O2/c1-3-5-13-18-15(21-19-13)7-4-6-14(20)17-12-9-8-11(2)10-16-12/h8-10H,3-7H2,1-2H3,(H,16,17,20). The van der Waals surface area contributed by atoms with Gasteiger partial charge in [-0.2, -0.15) is 4.98 Å². The van der Waals surface area contributed by atoms with Crippen LogP contribution in [0.1, 0.15) is 43.5 Å². The van der Waals surface area contributed by atoms with Crippen LogP contribution in [0.15, 0.2) is 22.9 Å². The average Bonchev–Trinajstić information content (AvgIpc) is 2.89. The molecule has 0 unspecified atom stereocenters. The van der Waals surface area contributed by atoms with Gasteiger partial charge in [0.15, 0.2) is 5.82 Å². The highest BCUT2D eigenvalue weighted by Crippen LogP contribution is 2.07. The lowest BCUT2D eigenvalue weighted by atomic mass is 10.2. The molecule has 0 aliphatic carbocycles. The molecule has 0 aromatic carbocycles. The fraction of sp³-hybridized carbons (Fsp3) is 0.467. The number of amides is 1. The summed E-state index contributed by atoms with van der Waals surface area (Å²) in [6.45, 7) is 4.02. The zero-order valence-electron chi connectivity index (χ0n) is 12.4. The van der Waals surface area contributed by atoms with E-state index in [4.69, 9.17) is 4.52 Å². The monoisotopic (exact) mass is 288 g/mol. The minimum atomic E-state index is -0.0559. The van der Waals surface area contributed by atoms with Crippen molar-refractivity contribution in [2.24, 2.45) is 0 Å². The molecule has 112 valence electrons. The van der Waals surface area contributed by atoms with E-state index in [1.807, 2.05) is 13.0 Å². The van der Waals surface area contributed by atoms with Gasteiger partial charge in [-0.15, -0.1) is 0 Å². The van der Waals surface area contributed by atoms with Crippen molar-refractivity contribution in [3.05, 3.63) is 35.6 Å². The second-order valence-electron chi connectivity index (χ2n) is 4.98. The summed E-state index contributed by atoms with van der Waals surface area (Å²) >= 11 is 0. The number of carbonyl (C=O) groups is 1. The van der Waals surface area contributed by atoms with Crippen molar-refractivity contribution in [2.75, 3.05) is 5.32 Å². The molecule has 6 heteroatoms. The highest BCUT2D eigenvalue weighted by atomic mass is 16.5. The molecule has 2 aromatic heterocycles. The highest BCUT2D eigenvalue weighted by Gasteiger charge is 2.08. The molecule has 0 fully saturated rings. The maximum Gasteiger partial charge on any atom is 0.226 e. The molecule has 0 aliphatic rings. The second kappa shape index (κ2) is 7.52. The zero-order valence-corrected chi connectivity index (χ0v) is 12.4. The molecule has 2 rings (SSSR count). The lowest BCUT2D eigenvalue weighted by molar-refractivity contribution is -0.116. The minimum Gasteiger partial charge on any atom is -0.339 e. The van der Waals surface area contributed by atoms with Crippen LogP contribution in [0.3, 0.4) is 0 Å². The van der Waals surface area contributed by atoms with Gasteiger partial charge < -0.3 is 9.84 Å². The third-order valence-electron chi connectivity index (χ3n) is 2.96. The number of aromatic nitrogens is 3. The Labute approximate surface area is 124 Å². The summed E-state index contributed by atoms with van der Waals surface area (Å²) in [6.07, 6.45) is 5.23. The van der Waals surface area contributed by atoms with E-state index < -0.39 is 0 Å². The van der Waals surface area contributed by atoms with Gasteiger partial charge in [0.25, 0.3) is 0 Å². The fourth-order valence-corrected chi connectivity index (χ4v) is 1.86. The Hall–Kier alpha value is -2.24. The van der Waals surface area contributed by atoms with Crippen LogP contribution in [0.4, 0.5) is 5.82 Å². The Kier molecular flexibility index (Phi) is 5.43. The summed E-state index contributed by atoms with van der Waals surface area (Å²) in [7, 11) is 0. The molecule has 0 saturated carbocycles. The van der Waals surface area contributed by atoms with Crippen LogP contribution in [0.5, 0.6) is 0 Å². The largest absolute Gasteiger partial charge is 0.339 e. The maximum absolute atomic E-state index is 11.8. The lowest BCUT2D eigenvalue weighted by Crippen LogP contribution is -2.12. The Bertz CT molecular complexity index is 578. The second-order valence-corrected chi connectivity index (χ2v) is 4.98. The summed E-state index contributed by atoms with van der Waals surface area (Å²) in [5, 5.41) is 6.65. The summed E-state index contributed by atoms with van der Waals surface area (Å²) in [4.78, 5) is 20.2. The summed E-state index contributed by atoms with van der Waals surface area (Å²) < 4.78 is 5.13. The van der Waals surface area contributed by atoms with E-state index in [1.54, 1.807) is 12.3 Å². The number of pyridine rings is 1. The molecule has 1 amide bonds. The van der Waals surface area contributed by atoms with E-state index in [0.29, 0.717) is 31.0 Å². The number of anilines is 1. The highest BCUT2D eigenvalue weighted by molar-refractivity contribution is 5.89. The first-order chi connectivity index (χ1) is 10.2. The number of nitrogens with zero attached hydrogens (tertiary/aromatic N) is 3. The molecule has 0 radical (unpaired) electrons. The van der Waals surface area contributed by atoms with Crippen molar-refractivity contribution < 1.29 is 9.32 Å². The normalized spacial score (nSPS) is 10.6. The van der Waals surface area contributed by atoms with E-state index in [2.05, 4.69) is 27.4 Å². The van der Waals surface area contributed by atoms with Gasteiger partial charge in [-0.3, -0.25) is 4.79 Å². The molecule has 0 bridgehead atoms. The number of aryl methyl sites for hydroxylation is 3. The number of hydrogen-bond donors (Lipinski definition) is 1. The first kappa shape index (κ1) is 15.2. The molecule has 21 heavy (non-hydrogen) atoms. The van der Waals surface area contributed by atoms with Gasteiger partial charge in [0.05, 0.1) is 0 Å². The van der Waals surface area contributed by atoms with Gasteiger partial charge in [-0.1, -0.05) is 18.1 Å². The molecule has 1 N–H and O–H groups in total. The smallest absolute Gasteiger partial charge is 0.226 e. The van der Waals surface area contributed by atoms with Gasteiger partial charge in [0, 0.05) is 25.5 Å². The van der Waals surface area contributed by atoms with Crippen molar-refractivity contribution in [1.82, 2.24) is 15.1 Å². The summed E-state index contributed by atoms with van der Waals surface area (Å²) in [5.74, 6) is 1.86. The Morgan fingerprint density at radius 2 is 2.19 bits per heavy atom. The molecular formula is C15H20N4O2. The SMILES string of the molecule is CCCc1noc(CCCC(=O)Nc2ccc(C)cn2)n1. The number of carbonyl (C=O) groups excluding carboxylic acids is 1. The number of nitrogens with one attached hydrogen (secondary N) is 1. The van der Waals surface area contributed by atoms with Gasteiger partial charge >= 0.3 is 0 Å². The van der Waals surface area contributed by atoms with Crippen molar-refractivity contribution in [1.29, 1.82) is 0 Å². The Balaban J connectivity index is 1.72. The van der Waals surface area contributed by atoms with Crippen molar-refractivity contribution in [3.63, 3.8) is 0 Å². The zero-order chi connectivity index (χ0) is 15.1. The first-order valence-corrected chi connectivity index (χ1v) is 7.21. The average molecular weight is 288 g/mol. The first-order valence-electron chi connectivity index (χ1n) is 7.21. The van der Waals surface area contributed by atoms with E-state index in [0.717, 1.165) is 24.2 Å². The van der Waals surface area contributed by atoms with Crippen molar-refractivity contribution in [2.45, 2.75) is 46.0 Å². The van der Waals surface area contributed by atoms with Gasteiger partial charge in [0.1, 0.15) is 5.82 Å². The third-order valence-corrected chi connectivity index (χ3v) is 2.96. The van der Waals surface area contributed by atoms with Crippen LogP contribution in [0, 0.1) is 6.92 Å². The number of hydrogen-bond acceptors (Lipinski definition) is 5. The Morgan fingerprint density at radius 1 is 1.33 bits per heavy atom. The van der Waals surface area contributed by atoms with Crippen LogP contribution in [0.2, 0.25) is 0 Å². The van der Waals surface area contributed by atoms with E-state index in [1.165, 1.54) is 0 Å². The molecule has 6 nitrogen and oxygen atoms in total. The maximum atomic E-state index is 11.8. The van der Waals surface area contributed by atoms with E-state index in [9.17, 15) is 4.79 Å². The van der Waals surface area contributed by atoms with Crippen LogP contribution < -0.4 is 5.32 Å². The van der Waals surface area contributed by atoms with Crippen LogP contribution in [-0.4, -0.2) is 21.0 Å². The molecule has 0 spiro atoms. The Morgan fingerprint density at radius 3 is 2.90 bits per heavy atom. The quantitative estimate of drug-likeness (QED) is 0.847. The van der Waals surface area contributed by atoms with Gasteiger partial charge in [-0.25, -0.2) is 4.98 Å². The topological polar surface area (TPSA) is 80.9 Å². The van der Waals surface area contributed by atoms with Crippen LogP contribution >= 0.6 is 0 Å².